The smallest absolute Gasteiger partial charge is 0.159 e. The number of hydrogen-bond donors (Lipinski definition) is 0. The molecule has 0 saturated heterocycles. The molecule has 0 aliphatic carbocycles. The highest BCUT2D eigenvalue weighted by Gasteiger charge is 2.11. The molecule has 3 nitrogen and oxygen atoms in total. The zero-order valence-electron chi connectivity index (χ0n) is 12.9. The van der Waals surface area contributed by atoms with Crippen molar-refractivity contribution in [2.45, 2.75) is 0 Å². The number of carbonyl (C=O) groups is 1. The molecule has 24 heavy (non-hydrogen) atoms. The van der Waals surface area contributed by atoms with Gasteiger partial charge in [0.2, 0.25) is 0 Å². The first-order valence-corrected chi connectivity index (χ1v) is 7.72. The summed E-state index contributed by atoms with van der Waals surface area (Å²) in [6.07, 6.45) is 2.59. The van der Waals surface area contributed by atoms with E-state index >= 15 is 0 Å². The Hall–Kier alpha value is -3.33. The van der Waals surface area contributed by atoms with Crippen LogP contribution >= 0.6 is 0 Å². The van der Waals surface area contributed by atoms with Crippen LogP contribution in [0.3, 0.4) is 0 Å². The van der Waals surface area contributed by atoms with Gasteiger partial charge in [-0.2, -0.15) is 0 Å². The summed E-state index contributed by atoms with van der Waals surface area (Å²) >= 11 is 0. The van der Waals surface area contributed by atoms with Gasteiger partial charge < -0.3 is 0 Å². The summed E-state index contributed by atoms with van der Waals surface area (Å²) in [6, 6.07) is 23.7. The number of pyridine rings is 2. The van der Waals surface area contributed by atoms with Crippen LogP contribution in [0.1, 0.15) is 10.4 Å². The lowest BCUT2D eigenvalue weighted by atomic mass is 9.97. The second-order valence-corrected chi connectivity index (χ2v) is 5.54. The van der Waals surface area contributed by atoms with Crippen molar-refractivity contribution in [3.63, 3.8) is 0 Å². The largest absolute Gasteiger partial charge is 0.298 e. The number of rotatable bonds is 3. The van der Waals surface area contributed by atoms with Crippen LogP contribution in [0.5, 0.6) is 0 Å². The molecule has 114 valence electrons. The Balaban J connectivity index is 1.99. The normalized spacial score (nSPS) is 10.7. The first kappa shape index (κ1) is 14.3. The summed E-state index contributed by atoms with van der Waals surface area (Å²) in [4.78, 5) is 20.0. The Bertz CT molecular complexity index is 1010. The van der Waals surface area contributed by atoms with E-state index in [0.717, 1.165) is 34.1 Å². The summed E-state index contributed by atoms with van der Waals surface area (Å²) in [5.41, 5.74) is 5.35. The Morgan fingerprint density at radius 1 is 0.792 bits per heavy atom. The summed E-state index contributed by atoms with van der Waals surface area (Å²) in [5, 5.41) is 1.00. The van der Waals surface area contributed by atoms with Crippen LogP contribution in [0.2, 0.25) is 0 Å². The predicted molar refractivity (Wildman–Crippen MR) is 95.8 cm³/mol. The van der Waals surface area contributed by atoms with Crippen molar-refractivity contribution in [3.05, 3.63) is 84.6 Å². The van der Waals surface area contributed by atoms with E-state index < -0.39 is 0 Å². The van der Waals surface area contributed by atoms with Crippen molar-refractivity contribution in [3.8, 4) is 22.4 Å². The summed E-state index contributed by atoms with van der Waals surface area (Å²) in [6.45, 7) is 0. The predicted octanol–water partition coefficient (Wildman–Crippen LogP) is 4.78. The van der Waals surface area contributed by atoms with Gasteiger partial charge in [0.25, 0.3) is 0 Å². The number of aromatic nitrogens is 2. The van der Waals surface area contributed by atoms with Gasteiger partial charge in [-0.05, 0) is 23.8 Å². The third-order valence-electron chi connectivity index (χ3n) is 3.99. The first-order valence-electron chi connectivity index (χ1n) is 7.72. The van der Waals surface area contributed by atoms with Gasteiger partial charge in [0.05, 0.1) is 5.69 Å². The fourth-order valence-corrected chi connectivity index (χ4v) is 2.78. The highest BCUT2D eigenvalue weighted by Crippen LogP contribution is 2.32. The number of benzene rings is 2. The molecule has 0 fully saturated rings. The van der Waals surface area contributed by atoms with E-state index in [-0.39, 0.29) is 0 Å². The minimum absolute atomic E-state index is 0.652. The van der Waals surface area contributed by atoms with E-state index in [1.807, 2.05) is 42.5 Å². The van der Waals surface area contributed by atoms with Gasteiger partial charge in [0.1, 0.15) is 6.29 Å². The van der Waals surface area contributed by atoms with Gasteiger partial charge in [-0.15, -0.1) is 0 Å². The molecular formula is C21H14N2O. The Morgan fingerprint density at radius 2 is 1.58 bits per heavy atom. The van der Waals surface area contributed by atoms with E-state index in [4.69, 9.17) is 4.98 Å². The lowest BCUT2D eigenvalue weighted by Crippen LogP contribution is -1.93. The summed E-state index contributed by atoms with van der Waals surface area (Å²) < 4.78 is 0. The molecule has 0 aliphatic heterocycles. The highest BCUT2D eigenvalue weighted by atomic mass is 16.1. The van der Waals surface area contributed by atoms with Gasteiger partial charge >= 0.3 is 0 Å². The molecule has 0 atom stereocenters. The van der Waals surface area contributed by atoms with Crippen LogP contribution in [-0.2, 0) is 0 Å². The molecule has 0 bridgehead atoms. The van der Waals surface area contributed by atoms with Crippen molar-refractivity contribution >= 4 is 17.3 Å². The monoisotopic (exact) mass is 310 g/mol. The topological polar surface area (TPSA) is 42.9 Å². The number of aldehydes is 1. The second-order valence-electron chi connectivity index (χ2n) is 5.54. The minimum Gasteiger partial charge on any atom is -0.298 e. The first-order chi connectivity index (χ1) is 11.8. The molecule has 3 heteroatoms. The van der Waals surface area contributed by atoms with Crippen LogP contribution < -0.4 is 0 Å². The third kappa shape index (κ3) is 2.57. The molecule has 0 aliphatic rings. The number of fused-ring (bicyclic) bond motifs is 1. The van der Waals surface area contributed by atoms with E-state index in [1.54, 1.807) is 18.3 Å². The zero-order valence-corrected chi connectivity index (χ0v) is 12.9. The SMILES string of the molecule is O=Cc1ccc(-c2nc3ncccc3cc2-c2ccccc2)cc1. The van der Waals surface area contributed by atoms with Crippen molar-refractivity contribution in [1.82, 2.24) is 9.97 Å². The van der Waals surface area contributed by atoms with E-state index in [0.29, 0.717) is 11.2 Å². The molecule has 4 rings (SSSR count). The summed E-state index contributed by atoms with van der Waals surface area (Å²) in [5.74, 6) is 0. The van der Waals surface area contributed by atoms with Crippen LogP contribution in [0.15, 0.2) is 79.0 Å². The van der Waals surface area contributed by atoms with Crippen molar-refractivity contribution in [2.75, 3.05) is 0 Å². The van der Waals surface area contributed by atoms with Gasteiger partial charge in [0.15, 0.2) is 5.65 Å². The number of nitrogens with zero attached hydrogens (tertiary/aromatic N) is 2. The molecule has 2 heterocycles. The van der Waals surface area contributed by atoms with Crippen LogP contribution in [0.25, 0.3) is 33.4 Å². The lowest BCUT2D eigenvalue weighted by Gasteiger charge is -2.11. The third-order valence-corrected chi connectivity index (χ3v) is 3.99. The molecule has 0 amide bonds. The minimum atomic E-state index is 0.652. The number of hydrogen-bond acceptors (Lipinski definition) is 3. The maximum atomic E-state index is 10.9. The lowest BCUT2D eigenvalue weighted by molar-refractivity contribution is 0.112. The maximum absolute atomic E-state index is 10.9. The molecule has 0 N–H and O–H groups in total. The Morgan fingerprint density at radius 3 is 2.33 bits per heavy atom. The molecule has 2 aromatic heterocycles. The Kier molecular flexibility index (Phi) is 3.60. The second kappa shape index (κ2) is 6.05. The van der Waals surface area contributed by atoms with Crippen molar-refractivity contribution < 1.29 is 4.79 Å². The number of carbonyl (C=O) groups excluding carboxylic acids is 1. The van der Waals surface area contributed by atoms with Gasteiger partial charge in [-0.3, -0.25) is 4.79 Å². The average Bonchev–Trinajstić information content (AvgIpc) is 2.68. The van der Waals surface area contributed by atoms with E-state index in [2.05, 4.69) is 23.2 Å². The molecule has 0 radical (unpaired) electrons. The van der Waals surface area contributed by atoms with E-state index in [9.17, 15) is 4.79 Å². The molecule has 0 spiro atoms. The van der Waals surface area contributed by atoms with Gasteiger partial charge in [0, 0.05) is 28.3 Å². The quantitative estimate of drug-likeness (QED) is 0.512. The average molecular weight is 310 g/mol. The summed E-state index contributed by atoms with van der Waals surface area (Å²) in [7, 11) is 0. The van der Waals surface area contributed by atoms with Gasteiger partial charge in [-0.25, -0.2) is 9.97 Å². The molecule has 2 aromatic carbocycles. The molecule has 0 unspecified atom stereocenters. The fourth-order valence-electron chi connectivity index (χ4n) is 2.78. The maximum Gasteiger partial charge on any atom is 0.159 e. The van der Waals surface area contributed by atoms with Gasteiger partial charge in [-0.1, -0.05) is 54.6 Å². The van der Waals surface area contributed by atoms with Crippen LogP contribution in [-0.4, -0.2) is 16.3 Å². The van der Waals surface area contributed by atoms with E-state index in [1.165, 1.54) is 0 Å². The van der Waals surface area contributed by atoms with Crippen molar-refractivity contribution in [1.29, 1.82) is 0 Å². The highest BCUT2D eigenvalue weighted by molar-refractivity contribution is 5.90. The molecule has 0 saturated carbocycles. The van der Waals surface area contributed by atoms with Crippen LogP contribution in [0.4, 0.5) is 0 Å². The zero-order chi connectivity index (χ0) is 16.4. The van der Waals surface area contributed by atoms with Crippen LogP contribution in [0, 0.1) is 0 Å². The standard InChI is InChI=1S/C21H14N2O/c24-14-15-8-10-17(11-9-15)20-19(16-5-2-1-3-6-16)13-18-7-4-12-22-21(18)23-20/h1-14H. The fraction of sp³-hybridized carbons (Fsp3) is 0. The van der Waals surface area contributed by atoms with Crippen molar-refractivity contribution in [2.24, 2.45) is 0 Å². The Labute approximate surface area is 139 Å². The molecular weight excluding hydrogens is 296 g/mol. The molecule has 4 aromatic rings.